The third-order valence-corrected chi connectivity index (χ3v) is 4.81. The van der Waals surface area contributed by atoms with E-state index in [1.54, 1.807) is 17.0 Å². The molecular weight excluding hydrogens is 352 g/mol. The second-order valence-corrected chi connectivity index (χ2v) is 6.78. The zero-order valence-corrected chi connectivity index (χ0v) is 15.9. The second-order valence-electron chi connectivity index (χ2n) is 6.78. The Kier molecular flexibility index (Phi) is 6.65. The summed E-state index contributed by atoms with van der Waals surface area (Å²) in [5.41, 5.74) is 0.976. The van der Waals surface area contributed by atoms with Gasteiger partial charge in [-0.25, -0.2) is 0 Å². The lowest BCUT2D eigenvalue weighted by Crippen LogP contribution is -2.43. The number of hydrogen-bond acceptors (Lipinski definition) is 5. The number of nitrogens with zero attached hydrogens (tertiary/aromatic N) is 2. The van der Waals surface area contributed by atoms with Gasteiger partial charge in [-0.1, -0.05) is 0 Å². The number of carbonyl (C=O) groups is 3. The van der Waals surface area contributed by atoms with Crippen LogP contribution in [0.5, 0.6) is 11.5 Å². The lowest BCUT2D eigenvalue weighted by molar-refractivity contribution is -0.145. The number of likely N-dealkylation sites (tertiary alicyclic amines) is 1. The number of phenolic OH excluding ortho intramolecular Hbond substituents is 1. The number of amides is 2. The third-order valence-electron chi connectivity index (χ3n) is 4.81. The molecule has 0 bridgehead atoms. The van der Waals surface area contributed by atoms with E-state index in [1.807, 2.05) is 6.92 Å². The molecule has 8 nitrogen and oxygen atoms in total. The van der Waals surface area contributed by atoms with E-state index in [0.29, 0.717) is 32.4 Å². The predicted molar refractivity (Wildman–Crippen MR) is 98.0 cm³/mol. The molecule has 1 atom stereocenters. The van der Waals surface area contributed by atoms with Crippen LogP contribution < -0.4 is 4.74 Å². The van der Waals surface area contributed by atoms with Crippen LogP contribution in [0.3, 0.4) is 0 Å². The summed E-state index contributed by atoms with van der Waals surface area (Å²) in [6.45, 7) is 3.68. The average Bonchev–Trinajstić information content (AvgIpc) is 2.86. The van der Waals surface area contributed by atoms with Gasteiger partial charge in [-0.05, 0) is 43.9 Å². The number of rotatable bonds is 5. The van der Waals surface area contributed by atoms with Crippen molar-refractivity contribution in [3.05, 3.63) is 23.3 Å². The van der Waals surface area contributed by atoms with Crippen LogP contribution in [0, 0.1) is 6.92 Å². The monoisotopic (exact) mass is 378 g/mol. The highest BCUT2D eigenvalue weighted by atomic mass is 16.5. The van der Waals surface area contributed by atoms with Gasteiger partial charge in [0.2, 0.25) is 5.91 Å². The number of carboxylic acids is 1. The minimum atomic E-state index is -1.06. The molecule has 1 aromatic rings. The first-order valence-corrected chi connectivity index (χ1v) is 8.90. The van der Waals surface area contributed by atoms with Crippen molar-refractivity contribution >= 4 is 17.8 Å². The van der Waals surface area contributed by atoms with Crippen molar-refractivity contribution in [2.45, 2.75) is 39.2 Å². The van der Waals surface area contributed by atoms with Crippen molar-refractivity contribution in [2.24, 2.45) is 0 Å². The smallest absolute Gasteiger partial charge is 0.323 e. The maximum absolute atomic E-state index is 12.9. The molecule has 2 amide bonds. The van der Waals surface area contributed by atoms with Crippen molar-refractivity contribution in [1.82, 2.24) is 9.80 Å². The molecular formula is C19H26N2O6. The number of phenols is 1. The summed E-state index contributed by atoms with van der Waals surface area (Å²) in [5, 5.41) is 19.3. The molecule has 1 aliphatic rings. The number of aromatic hydroxyl groups is 1. The minimum Gasteiger partial charge on any atom is -0.504 e. The van der Waals surface area contributed by atoms with Gasteiger partial charge in [0.25, 0.3) is 5.91 Å². The van der Waals surface area contributed by atoms with Crippen LogP contribution in [-0.2, 0) is 9.59 Å². The number of hydrogen-bond donors (Lipinski definition) is 2. The van der Waals surface area contributed by atoms with E-state index in [2.05, 4.69) is 0 Å². The first-order chi connectivity index (χ1) is 12.7. The van der Waals surface area contributed by atoms with Gasteiger partial charge in [0.1, 0.15) is 6.54 Å². The van der Waals surface area contributed by atoms with Gasteiger partial charge in [-0.2, -0.15) is 0 Å². The Bertz CT molecular complexity index is 733. The molecule has 0 aliphatic carbocycles. The fourth-order valence-corrected chi connectivity index (χ4v) is 3.47. The molecule has 1 unspecified atom stereocenters. The molecule has 2 N–H and O–H groups in total. The van der Waals surface area contributed by atoms with Gasteiger partial charge in [0.15, 0.2) is 11.5 Å². The van der Waals surface area contributed by atoms with E-state index in [-0.39, 0.29) is 41.5 Å². The fraction of sp³-hybridized carbons (Fsp3) is 0.526. The van der Waals surface area contributed by atoms with E-state index in [9.17, 15) is 19.5 Å². The minimum absolute atomic E-state index is 0.180. The number of carboxylic acid groups (broad SMARTS) is 1. The van der Waals surface area contributed by atoms with Crippen LogP contribution in [0.2, 0.25) is 0 Å². The van der Waals surface area contributed by atoms with Crippen LogP contribution in [-0.4, -0.2) is 70.6 Å². The average molecular weight is 378 g/mol. The maximum Gasteiger partial charge on any atom is 0.323 e. The molecule has 0 aromatic heterocycles. The Morgan fingerprint density at radius 3 is 2.56 bits per heavy atom. The molecule has 2 rings (SSSR count). The number of ether oxygens (including phenoxy) is 1. The molecule has 148 valence electrons. The first kappa shape index (κ1) is 20.5. The highest BCUT2D eigenvalue weighted by molar-refractivity contribution is 5.98. The van der Waals surface area contributed by atoms with Crippen molar-refractivity contribution < 1.29 is 29.3 Å². The summed E-state index contributed by atoms with van der Waals surface area (Å²) >= 11 is 0. The summed E-state index contributed by atoms with van der Waals surface area (Å²) < 4.78 is 5.12. The number of methoxy groups -OCH3 is 1. The lowest BCUT2D eigenvalue weighted by atomic mass is 10.1. The van der Waals surface area contributed by atoms with Crippen LogP contribution in [0.15, 0.2) is 12.1 Å². The van der Waals surface area contributed by atoms with E-state index in [4.69, 9.17) is 9.84 Å². The van der Waals surface area contributed by atoms with Crippen LogP contribution in [0.25, 0.3) is 0 Å². The SMILES string of the molecule is COc1cc(C)cc(C(=O)N2CCCC(N(CC(=O)O)C(C)=O)CC2)c1O. The molecule has 1 aromatic carbocycles. The zero-order chi connectivity index (χ0) is 20.1. The second kappa shape index (κ2) is 8.75. The van der Waals surface area contributed by atoms with Gasteiger partial charge in [-0.3, -0.25) is 14.4 Å². The van der Waals surface area contributed by atoms with E-state index >= 15 is 0 Å². The molecule has 27 heavy (non-hydrogen) atoms. The molecule has 1 saturated heterocycles. The molecule has 0 radical (unpaired) electrons. The molecule has 8 heteroatoms. The normalized spacial score (nSPS) is 17.1. The quantitative estimate of drug-likeness (QED) is 0.806. The molecule has 1 heterocycles. The van der Waals surface area contributed by atoms with Crippen LogP contribution in [0.4, 0.5) is 0 Å². The van der Waals surface area contributed by atoms with Gasteiger partial charge in [0, 0.05) is 26.1 Å². The van der Waals surface area contributed by atoms with Crippen molar-refractivity contribution in [3.8, 4) is 11.5 Å². The van der Waals surface area contributed by atoms with Crippen molar-refractivity contribution in [1.29, 1.82) is 0 Å². The molecule has 0 spiro atoms. The lowest BCUT2D eigenvalue weighted by Gasteiger charge is -2.29. The van der Waals surface area contributed by atoms with E-state index in [0.717, 1.165) is 5.56 Å². The highest BCUT2D eigenvalue weighted by Gasteiger charge is 2.29. The zero-order valence-electron chi connectivity index (χ0n) is 15.9. The summed E-state index contributed by atoms with van der Waals surface area (Å²) in [6.07, 6.45) is 1.76. The van der Waals surface area contributed by atoms with Crippen molar-refractivity contribution in [2.75, 3.05) is 26.7 Å². The topological polar surface area (TPSA) is 107 Å². The standard InChI is InChI=1S/C19H26N2O6/c1-12-9-15(18(25)16(10-12)27-3)19(26)20-7-4-5-14(6-8-20)21(13(2)22)11-17(23)24/h9-10,14,25H,4-8,11H2,1-3H3,(H,23,24). The van der Waals surface area contributed by atoms with Gasteiger partial charge >= 0.3 is 5.97 Å². The number of benzene rings is 1. The largest absolute Gasteiger partial charge is 0.504 e. The number of aryl methyl sites for hydroxylation is 1. The molecule has 1 fully saturated rings. The van der Waals surface area contributed by atoms with Gasteiger partial charge in [0.05, 0.1) is 12.7 Å². The Balaban J connectivity index is 2.16. The summed E-state index contributed by atoms with van der Waals surface area (Å²) in [4.78, 5) is 38.7. The van der Waals surface area contributed by atoms with Crippen LogP contribution >= 0.6 is 0 Å². The number of aliphatic carboxylic acids is 1. The fourth-order valence-electron chi connectivity index (χ4n) is 3.47. The van der Waals surface area contributed by atoms with Gasteiger partial charge < -0.3 is 24.7 Å². The van der Waals surface area contributed by atoms with E-state index < -0.39 is 5.97 Å². The Hall–Kier alpha value is -2.77. The molecule has 1 aliphatic heterocycles. The molecule has 0 saturated carbocycles. The predicted octanol–water partition coefficient (Wildman–Crippen LogP) is 1.64. The third kappa shape index (κ3) is 4.90. The summed E-state index contributed by atoms with van der Waals surface area (Å²) in [5.74, 6) is -1.59. The Morgan fingerprint density at radius 1 is 1.26 bits per heavy atom. The van der Waals surface area contributed by atoms with Crippen LogP contribution in [0.1, 0.15) is 42.1 Å². The van der Waals surface area contributed by atoms with Crippen molar-refractivity contribution in [3.63, 3.8) is 0 Å². The first-order valence-electron chi connectivity index (χ1n) is 8.90. The number of carbonyl (C=O) groups excluding carboxylic acids is 2. The Labute approximate surface area is 158 Å². The maximum atomic E-state index is 12.9. The summed E-state index contributed by atoms with van der Waals surface area (Å²) in [6, 6.07) is 3.05. The van der Waals surface area contributed by atoms with Gasteiger partial charge in [-0.15, -0.1) is 0 Å². The summed E-state index contributed by atoms with van der Waals surface area (Å²) in [7, 11) is 1.43. The Morgan fingerprint density at radius 2 is 1.96 bits per heavy atom. The highest BCUT2D eigenvalue weighted by Crippen LogP contribution is 2.32. The van der Waals surface area contributed by atoms with E-state index in [1.165, 1.54) is 18.9 Å².